The number of ether oxygens (including phenoxy) is 1. The molecule has 6 heteroatoms. The third-order valence-electron chi connectivity index (χ3n) is 2.18. The van der Waals surface area contributed by atoms with Gasteiger partial charge in [-0.15, -0.1) is 0 Å². The first-order valence-electron chi connectivity index (χ1n) is 4.53. The summed E-state index contributed by atoms with van der Waals surface area (Å²) < 4.78 is 4.32. The molecule has 88 valence electrons. The summed E-state index contributed by atoms with van der Waals surface area (Å²) in [5, 5.41) is 19.5. The van der Waals surface area contributed by atoms with Gasteiger partial charge in [0, 0.05) is 11.8 Å². The van der Waals surface area contributed by atoms with Crippen molar-refractivity contribution in [1.29, 1.82) is 0 Å². The molecule has 0 aliphatic rings. The van der Waals surface area contributed by atoms with E-state index in [0.29, 0.717) is 11.1 Å². The lowest BCUT2D eigenvalue weighted by Crippen LogP contribution is -2.29. The van der Waals surface area contributed by atoms with Crippen LogP contribution >= 0.6 is 11.6 Å². The van der Waals surface area contributed by atoms with Gasteiger partial charge in [-0.25, -0.2) is 9.78 Å². The summed E-state index contributed by atoms with van der Waals surface area (Å²) in [6.45, 7) is 1.69. The molecular weight excluding hydrogens is 234 g/mol. The van der Waals surface area contributed by atoms with E-state index in [1.807, 2.05) is 0 Å². The highest BCUT2D eigenvalue weighted by Gasteiger charge is 2.27. The zero-order valence-corrected chi connectivity index (χ0v) is 9.60. The molecule has 1 aromatic rings. The second kappa shape index (κ2) is 5.25. The van der Waals surface area contributed by atoms with Gasteiger partial charge in [-0.1, -0.05) is 11.6 Å². The van der Waals surface area contributed by atoms with E-state index in [2.05, 4.69) is 9.72 Å². The average molecular weight is 246 g/mol. The molecule has 2 atom stereocenters. The lowest BCUT2D eigenvalue weighted by atomic mass is 10.0. The maximum absolute atomic E-state index is 11.0. The summed E-state index contributed by atoms with van der Waals surface area (Å²) in [5.74, 6) is -0.901. The Morgan fingerprint density at radius 3 is 2.69 bits per heavy atom. The summed E-state index contributed by atoms with van der Waals surface area (Å²) in [4.78, 5) is 14.8. The number of hydrogen-bond donors (Lipinski definition) is 2. The average Bonchev–Trinajstić information content (AvgIpc) is 2.26. The number of aliphatic hydroxyl groups is 2. The number of rotatable bonds is 3. The third-order valence-corrected chi connectivity index (χ3v) is 2.39. The van der Waals surface area contributed by atoms with Crippen molar-refractivity contribution in [3.8, 4) is 0 Å². The summed E-state index contributed by atoms with van der Waals surface area (Å²) in [6.07, 6.45) is -1.70. The van der Waals surface area contributed by atoms with Crippen LogP contribution < -0.4 is 0 Å². The SMILES string of the molecule is COC(=O)C(O)C(O)c1cnc(Cl)cc1C. The van der Waals surface area contributed by atoms with E-state index in [0.717, 1.165) is 7.11 Å². The Labute approximate surface area is 97.6 Å². The van der Waals surface area contributed by atoms with Gasteiger partial charge >= 0.3 is 5.97 Å². The molecule has 2 N–H and O–H groups in total. The van der Waals surface area contributed by atoms with Crippen LogP contribution in [0.2, 0.25) is 5.15 Å². The number of halogens is 1. The van der Waals surface area contributed by atoms with Gasteiger partial charge in [0.05, 0.1) is 7.11 Å². The molecule has 1 rings (SSSR count). The van der Waals surface area contributed by atoms with Crippen molar-refractivity contribution in [2.75, 3.05) is 7.11 Å². The first-order chi connectivity index (χ1) is 7.47. The Hall–Kier alpha value is -1.17. The number of aryl methyl sites for hydroxylation is 1. The highest BCUT2D eigenvalue weighted by molar-refractivity contribution is 6.29. The predicted molar refractivity (Wildman–Crippen MR) is 57.0 cm³/mol. The van der Waals surface area contributed by atoms with Gasteiger partial charge in [-0.3, -0.25) is 0 Å². The van der Waals surface area contributed by atoms with E-state index < -0.39 is 18.2 Å². The Morgan fingerprint density at radius 1 is 1.56 bits per heavy atom. The fourth-order valence-corrected chi connectivity index (χ4v) is 1.47. The normalized spacial score (nSPS) is 14.3. The monoisotopic (exact) mass is 245 g/mol. The van der Waals surface area contributed by atoms with Crippen molar-refractivity contribution in [2.45, 2.75) is 19.1 Å². The second-order valence-electron chi connectivity index (χ2n) is 3.28. The molecule has 1 aromatic heterocycles. The highest BCUT2D eigenvalue weighted by atomic mass is 35.5. The summed E-state index contributed by atoms with van der Waals surface area (Å²) in [7, 11) is 1.13. The van der Waals surface area contributed by atoms with E-state index in [1.165, 1.54) is 12.3 Å². The molecule has 0 aliphatic heterocycles. The van der Waals surface area contributed by atoms with Gasteiger partial charge in [-0.2, -0.15) is 0 Å². The molecule has 0 saturated carbocycles. The van der Waals surface area contributed by atoms with Crippen LogP contribution in [0, 0.1) is 6.92 Å². The van der Waals surface area contributed by atoms with Gasteiger partial charge < -0.3 is 14.9 Å². The van der Waals surface area contributed by atoms with E-state index in [-0.39, 0.29) is 5.15 Å². The van der Waals surface area contributed by atoms with Gasteiger partial charge in [0.15, 0.2) is 6.10 Å². The Kier molecular flexibility index (Phi) is 4.23. The molecule has 1 heterocycles. The molecule has 0 fully saturated rings. The van der Waals surface area contributed by atoms with Crippen molar-refractivity contribution in [2.24, 2.45) is 0 Å². The van der Waals surface area contributed by atoms with Crippen molar-refractivity contribution in [3.63, 3.8) is 0 Å². The van der Waals surface area contributed by atoms with Crippen LogP contribution in [0.25, 0.3) is 0 Å². The molecule has 0 bridgehead atoms. The smallest absolute Gasteiger partial charge is 0.337 e. The molecule has 0 aliphatic carbocycles. The van der Waals surface area contributed by atoms with Crippen molar-refractivity contribution < 1.29 is 19.7 Å². The van der Waals surface area contributed by atoms with Gasteiger partial charge in [-0.05, 0) is 18.6 Å². The van der Waals surface area contributed by atoms with E-state index in [9.17, 15) is 15.0 Å². The first kappa shape index (κ1) is 12.9. The fraction of sp³-hybridized carbons (Fsp3) is 0.400. The molecule has 16 heavy (non-hydrogen) atoms. The molecular formula is C10H12ClNO4. The van der Waals surface area contributed by atoms with Crippen LogP contribution in [-0.4, -0.2) is 34.4 Å². The van der Waals surface area contributed by atoms with Crippen molar-refractivity contribution in [1.82, 2.24) is 4.98 Å². The number of pyridine rings is 1. The molecule has 0 amide bonds. The zero-order chi connectivity index (χ0) is 12.3. The number of methoxy groups -OCH3 is 1. The minimum atomic E-state index is -1.63. The lowest BCUT2D eigenvalue weighted by molar-refractivity contribution is -0.156. The quantitative estimate of drug-likeness (QED) is 0.603. The van der Waals surface area contributed by atoms with Crippen LogP contribution in [0.15, 0.2) is 12.3 Å². The summed E-state index contributed by atoms with van der Waals surface area (Å²) >= 11 is 5.64. The largest absolute Gasteiger partial charge is 0.467 e. The van der Waals surface area contributed by atoms with E-state index >= 15 is 0 Å². The Balaban J connectivity index is 2.96. The fourth-order valence-electron chi connectivity index (χ4n) is 1.26. The predicted octanol–water partition coefficient (Wildman–Crippen LogP) is 0.611. The van der Waals surface area contributed by atoms with E-state index in [1.54, 1.807) is 6.92 Å². The van der Waals surface area contributed by atoms with Crippen molar-refractivity contribution >= 4 is 17.6 Å². The number of nitrogens with zero attached hydrogens (tertiary/aromatic N) is 1. The third kappa shape index (κ3) is 2.69. The molecule has 2 unspecified atom stereocenters. The van der Waals surface area contributed by atoms with Gasteiger partial charge in [0.2, 0.25) is 0 Å². The number of esters is 1. The maximum Gasteiger partial charge on any atom is 0.337 e. The number of hydrogen-bond acceptors (Lipinski definition) is 5. The Bertz CT molecular complexity index is 396. The number of carbonyl (C=O) groups excluding carboxylic acids is 1. The highest BCUT2D eigenvalue weighted by Crippen LogP contribution is 2.22. The van der Waals surface area contributed by atoms with E-state index in [4.69, 9.17) is 11.6 Å². The number of aromatic nitrogens is 1. The van der Waals surface area contributed by atoms with Gasteiger partial charge in [0.25, 0.3) is 0 Å². The number of carbonyl (C=O) groups is 1. The van der Waals surface area contributed by atoms with Crippen molar-refractivity contribution in [3.05, 3.63) is 28.5 Å². The van der Waals surface area contributed by atoms with Gasteiger partial charge in [0.1, 0.15) is 11.3 Å². The zero-order valence-electron chi connectivity index (χ0n) is 8.85. The van der Waals surface area contributed by atoms with Crippen LogP contribution in [0.5, 0.6) is 0 Å². The molecule has 0 aromatic carbocycles. The molecule has 0 saturated heterocycles. The Morgan fingerprint density at radius 2 is 2.19 bits per heavy atom. The van der Waals surface area contributed by atoms with Crippen LogP contribution in [-0.2, 0) is 9.53 Å². The maximum atomic E-state index is 11.0. The minimum absolute atomic E-state index is 0.279. The topological polar surface area (TPSA) is 79.7 Å². The molecule has 0 radical (unpaired) electrons. The van der Waals surface area contributed by atoms with Crippen LogP contribution in [0.4, 0.5) is 0 Å². The number of aliphatic hydroxyl groups excluding tert-OH is 2. The standard InChI is InChI=1S/C10H12ClNO4/c1-5-3-7(11)12-4-6(5)8(13)9(14)10(15)16-2/h3-4,8-9,13-14H,1-2H3. The summed E-state index contributed by atoms with van der Waals surface area (Å²) in [5.41, 5.74) is 0.970. The molecule has 0 spiro atoms. The minimum Gasteiger partial charge on any atom is -0.467 e. The van der Waals surface area contributed by atoms with Crippen LogP contribution in [0.1, 0.15) is 17.2 Å². The second-order valence-corrected chi connectivity index (χ2v) is 3.66. The lowest BCUT2D eigenvalue weighted by Gasteiger charge is -2.17. The summed E-state index contributed by atoms with van der Waals surface area (Å²) in [6, 6.07) is 1.53. The van der Waals surface area contributed by atoms with Crippen LogP contribution in [0.3, 0.4) is 0 Å². The first-order valence-corrected chi connectivity index (χ1v) is 4.91. The molecule has 5 nitrogen and oxygen atoms in total.